The van der Waals surface area contributed by atoms with E-state index in [1.54, 1.807) is 6.07 Å². The highest BCUT2D eigenvalue weighted by atomic mass is 19.1. The van der Waals surface area contributed by atoms with Gasteiger partial charge in [0.1, 0.15) is 5.82 Å². The van der Waals surface area contributed by atoms with Crippen LogP contribution in [-0.2, 0) is 4.79 Å². The van der Waals surface area contributed by atoms with Crippen LogP contribution in [0.1, 0.15) is 37.7 Å². The minimum Gasteiger partial charge on any atom is -0.369 e. The Bertz CT molecular complexity index is 557. The lowest BCUT2D eigenvalue weighted by atomic mass is 10.0. The van der Waals surface area contributed by atoms with Gasteiger partial charge < -0.3 is 15.5 Å². The monoisotopic (exact) mass is 319 g/mol. The van der Waals surface area contributed by atoms with Crippen molar-refractivity contribution in [3.05, 3.63) is 29.6 Å². The number of benzene rings is 1. The summed E-state index contributed by atoms with van der Waals surface area (Å²) >= 11 is 0. The van der Waals surface area contributed by atoms with E-state index < -0.39 is 0 Å². The molecule has 5 heteroatoms. The standard InChI is InChI=1S/C18H26FN3O/c1-13-10-14(19)6-7-17(13)22-9-3-5-16(12-22)21-18(23)11-15-4-2-8-20-15/h6-7,10,15-16,20H,2-5,8-9,11-12H2,1H3,(H,21,23). The van der Waals surface area contributed by atoms with E-state index in [-0.39, 0.29) is 17.8 Å². The molecule has 126 valence electrons. The third-order valence-electron chi connectivity index (χ3n) is 4.88. The molecule has 2 atom stereocenters. The molecule has 0 aromatic heterocycles. The van der Waals surface area contributed by atoms with Crippen LogP contribution in [0.2, 0.25) is 0 Å². The summed E-state index contributed by atoms with van der Waals surface area (Å²) in [5, 5.41) is 6.55. The Labute approximate surface area is 137 Å². The van der Waals surface area contributed by atoms with E-state index in [9.17, 15) is 9.18 Å². The predicted molar refractivity (Wildman–Crippen MR) is 90.2 cm³/mol. The lowest BCUT2D eigenvalue weighted by Crippen LogP contribution is -2.48. The van der Waals surface area contributed by atoms with Gasteiger partial charge in [0, 0.05) is 37.3 Å². The molecule has 2 heterocycles. The Hall–Kier alpha value is -1.62. The number of aryl methyl sites for hydroxylation is 1. The number of halogens is 1. The first kappa shape index (κ1) is 16.2. The fraction of sp³-hybridized carbons (Fsp3) is 0.611. The van der Waals surface area contributed by atoms with Gasteiger partial charge in [0.05, 0.1) is 0 Å². The Balaban J connectivity index is 1.56. The van der Waals surface area contributed by atoms with Gasteiger partial charge in [-0.25, -0.2) is 4.39 Å². The minimum atomic E-state index is -0.197. The Morgan fingerprint density at radius 2 is 2.26 bits per heavy atom. The van der Waals surface area contributed by atoms with E-state index in [0.29, 0.717) is 12.5 Å². The average molecular weight is 319 g/mol. The predicted octanol–water partition coefficient (Wildman–Crippen LogP) is 2.36. The molecule has 2 aliphatic rings. The van der Waals surface area contributed by atoms with E-state index in [2.05, 4.69) is 15.5 Å². The summed E-state index contributed by atoms with van der Waals surface area (Å²) in [6.07, 6.45) is 4.90. The van der Waals surface area contributed by atoms with Crippen molar-refractivity contribution in [2.45, 2.75) is 51.1 Å². The van der Waals surface area contributed by atoms with Crippen molar-refractivity contribution in [3.8, 4) is 0 Å². The molecular weight excluding hydrogens is 293 g/mol. The van der Waals surface area contributed by atoms with Gasteiger partial charge in [-0.1, -0.05) is 0 Å². The maximum Gasteiger partial charge on any atom is 0.221 e. The van der Waals surface area contributed by atoms with Gasteiger partial charge >= 0.3 is 0 Å². The van der Waals surface area contributed by atoms with Gasteiger partial charge in [0.25, 0.3) is 0 Å². The molecule has 2 saturated heterocycles. The Morgan fingerprint density at radius 3 is 3.00 bits per heavy atom. The van der Waals surface area contributed by atoms with Gasteiger partial charge in [-0.3, -0.25) is 4.79 Å². The highest BCUT2D eigenvalue weighted by molar-refractivity contribution is 5.77. The van der Waals surface area contributed by atoms with Crippen molar-refractivity contribution in [2.24, 2.45) is 0 Å². The van der Waals surface area contributed by atoms with E-state index in [0.717, 1.165) is 50.1 Å². The van der Waals surface area contributed by atoms with Crippen LogP contribution in [0, 0.1) is 12.7 Å². The first-order valence-electron chi connectivity index (χ1n) is 8.65. The number of anilines is 1. The molecule has 2 unspecified atom stereocenters. The summed E-state index contributed by atoms with van der Waals surface area (Å²) in [5.74, 6) is -0.0516. The second kappa shape index (κ2) is 7.30. The molecule has 4 nitrogen and oxygen atoms in total. The number of amides is 1. The molecule has 0 aliphatic carbocycles. The van der Waals surface area contributed by atoms with E-state index >= 15 is 0 Å². The summed E-state index contributed by atoms with van der Waals surface area (Å²) in [6.45, 7) is 4.73. The van der Waals surface area contributed by atoms with Gasteiger partial charge in [-0.05, 0) is 62.9 Å². The molecule has 2 N–H and O–H groups in total. The molecule has 3 rings (SSSR count). The smallest absolute Gasteiger partial charge is 0.221 e. The zero-order valence-corrected chi connectivity index (χ0v) is 13.8. The third-order valence-corrected chi connectivity index (χ3v) is 4.88. The third kappa shape index (κ3) is 4.22. The van der Waals surface area contributed by atoms with Crippen LogP contribution in [0.15, 0.2) is 18.2 Å². The molecule has 2 aliphatic heterocycles. The summed E-state index contributed by atoms with van der Waals surface area (Å²) < 4.78 is 13.3. The van der Waals surface area contributed by atoms with Crippen molar-refractivity contribution < 1.29 is 9.18 Å². The maximum atomic E-state index is 13.3. The van der Waals surface area contributed by atoms with Crippen LogP contribution >= 0.6 is 0 Å². The number of nitrogens with one attached hydrogen (secondary N) is 2. The number of rotatable bonds is 4. The van der Waals surface area contributed by atoms with Crippen molar-refractivity contribution in [3.63, 3.8) is 0 Å². The molecule has 1 aromatic carbocycles. The van der Waals surface area contributed by atoms with E-state index in [4.69, 9.17) is 0 Å². The fourth-order valence-electron chi connectivity index (χ4n) is 3.73. The molecule has 0 spiro atoms. The van der Waals surface area contributed by atoms with E-state index in [1.165, 1.54) is 12.5 Å². The van der Waals surface area contributed by atoms with Gasteiger partial charge in [0.2, 0.25) is 5.91 Å². The molecule has 0 radical (unpaired) electrons. The molecule has 0 saturated carbocycles. The van der Waals surface area contributed by atoms with Gasteiger partial charge in [-0.2, -0.15) is 0 Å². The fourth-order valence-corrected chi connectivity index (χ4v) is 3.73. The Kier molecular flexibility index (Phi) is 5.16. The number of nitrogens with zero attached hydrogens (tertiary/aromatic N) is 1. The topological polar surface area (TPSA) is 44.4 Å². The SMILES string of the molecule is Cc1cc(F)ccc1N1CCCC(NC(=O)CC2CCCN2)C1. The van der Waals surface area contributed by atoms with Crippen LogP contribution in [0.25, 0.3) is 0 Å². The van der Waals surface area contributed by atoms with Crippen molar-refractivity contribution in [1.82, 2.24) is 10.6 Å². The normalized spacial score (nSPS) is 24.7. The molecule has 0 bridgehead atoms. The average Bonchev–Trinajstić information content (AvgIpc) is 3.00. The quantitative estimate of drug-likeness (QED) is 0.895. The lowest BCUT2D eigenvalue weighted by Gasteiger charge is -2.35. The van der Waals surface area contributed by atoms with Crippen LogP contribution in [-0.4, -0.2) is 37.6 Å². The molecule has 1 amide bonds. The second-order valence-corrected chi connectivity index (χ2v) is 6.78. The van der Waals surface area contributed by atoms with Gasteiger partial charge in [-0.15, -0.1) is 0 Å². The molecule has 2 fully saturated rings. The zero-order valence-electron chi connectivity index (χ0n) is 13.8. The molecular formula is C18H26FN3O. The minimum absolute atomic E-state index is 0.145. The maximum absolute atomic E-state index is 13.3. The number of hydrogen-bond acceptors (Lipinski definition) is 3. The van der Waals surface area contributed by atoms with Crippen LogP contribution in [0.5, 0.6) is 0 Å². The van der Waals surface area contributed by atoms with Crippen LogP contribution in [0.4, 0.5) is 10.1 Å². The number of carbonyl (C=O) groups is 1. The molecule has 23 heavy (non-hydrogen) atoms. The largest absolute Gasteiger partial charge is 0.369 e. The first-order chi connectivity index (χ1) is 11.1. The molecule has 1 aromatic rings. The lowest BCUT2D eigenvalue weighted by molar-refractivity contribution is -0.122. The van der Waals surface area contributed by atoms with Crippen molar-refractivity contribution in [1.29, 1.82) is 0 Å². The highest BCUT2D eigenvalue weighted by Gasteiger charge is 2.24. The Morgan fingerprint density at radius 1 is 1.39 bits per heavy atom. The van der Waals surface area contributed by atoms with Crippen LogP contribution in [0.3, 0.4) is 0 Å². The van der Waals surface area contributed by atoms with Gasteiger partial charge in [0.15, 0.2) is 0 Å². The van der Waals surface area contributed by atoms with Crippen molar-refractivity contribution in [2.75, 3.05) is 24.5 Å². The first-order valence-corrected chi connectivity index (χ1v) is 8.65. The summed E-state index contributed by atoms with van der Waals surface area (Å²) in [7, 11) is 0. The number of carbonyl (C=O) groups excluding carboxylic acids is 1. The number of piperidine rings is 1. The van der Waals surface area contributed by atoms with Crippen molar-refractivity contribution >= 4 is 11.6 Å². The number of hydrogen-bond donors (Lipinski definition) is 2. The van der Waals surface area contributed by atoms with Crippen LogP contribution < -0.4 is 15.5 Å². The van der Waals surface area contributed by atoms with E-state index in [1.807, 2.05) is 13.0 Å². The summed E-state index contributed by atoms with van der Waals surface area (Å²) in [6, 6.07) is 5.45. The second-order valence-electron chi connectivity index (χ2n) is 6.78. The highest BCUT2D eigenvalue weighted by Crippen LogP contribution is 2.24. The summed E-state index contributed by atoms with van der Waals surface area (Å²) in [5.41, 5.74) is 2.02. The summed E-state index contributed by atoms with van der Waals surface area (Å²) in [4.78, 5) is 14.5. The zero-order chi connectivity index (χ0) is 16.2.